The van der Waals surface area contributed by atoms with E-state index in [0.29, 0.717) is 11.1 Å². The highest BCUT2D eigenvalue weighted by atomic mass is 16.1. The Kier molecular flexibility index (Phi) is 2.01. The van der Waals surface area contributed by atoms with E-state index in [1.165, 1.54) is 6.33 Å². The largest absolute Gasteiger partial charge is 0.358 e. The van der Waals surface area contributed by atoms with Gasteiger partial charge in [0.05, 0.1) is 23.3 Å². The highest BCUT2D eigenvalue weighted by Crippen LogP contribution is 2.15. The predicted molar refractivity (Wildman–Crippen MR) is 51.9 cm³/mol. The van der Waals surface area contributed by atoms with E-state index in [2.05, 4.69) is 15.0 Å². The first-order chi connectivity index (χ1) is 6.70. The maximum absolute atomic E-state index is 11.6. The highest BCUT2D eigenvalue weighted by Gasteiger charge is 2.16. The fourth-order valence-electron chi connectivity index (χ4n) is 1.30. The molecule has 0 aliphatic carbocycles. The number of nitrogens with one attached hydrogen (secondary N) is 1. The summed E-state index contributed by atoms with van der Waals surface area (Å²) < 4.78 is 0. The molecule has 2 heterocycles. The van der Waals surface area contributed by atoms with Crippen LogP contribution in [0.3, 0.4) is 0 Å². The number of carbonyl (C=O) groups is 1. The van der Waals surface area contributed by atoms with Crippen LogP contribution in [-0.4, -0.2) is 26.8 Å². The SMILES string of the molecule is CC(N)C(=O)c1c[nH]c2cncnc12. The monoisotopic (exact) mass is 190 g/mol. The fraction of sp³-hybridized carbons (Fsp3) is 0.222. The van der Waals surface area contributed by atoms with Crippen LogP contribution in [0.25, 0.3) is 11.0 Å². The minimum atomic E-state index is -0.510. The molecule has 0 bridgehead atoms. The third-order valence-corrected chi connectivity index (χ3v) is 2.02. The van der Waals surface area contributed by atoms with Crippen molar-refractivity contribution in [1.82, 2.24) is 15.0 Å². The molecule has 1 unspecified atom stereocenters. The van der Waals surface area contributed by atoms with Crippen LogP contribution in [0, 0.1) is 0 Å². The molecule has 0 amide bonds. The van der Waals surface area contributed by atoms with E-state index in [4.69, 9.17) is 5.73 Å². The zero-order chi connectivity index (χ0) is 10.1. The first-order valence-corrected chi connectivity index (χ1v) is 4.27. The van der Waals surface area contributed by atoms with E-state index in [1.54, 1.807) is 19.3 Å². The van der Waals surface area contributed by atoms with Crippen molar-refractivity contribution in [2.24, 2.45) is 5.73 Å². The van der Waals surface area contributed by atoms with Crippen LogP contribution >= 0.6 is 0 Å². The lowest BCUT2D eigenvalue weighted by atomic mass is 10.1. The van der Waals surface area contributed by atoms with Gasteiger partial charge in [0.15, 0.2) is 5.78 Å². The van der Waals surface area contributed by atoms with Crippen LogP contribution in [0.5, 0.6) is 0 Å². The van der Waals surface area contributed by atoms with Crippen molar-refractivity contribution < 1.29 is 4.79 Å². The van der Waals surface area contributed by atoms with Gasteiger partial charge in [-0.15, -0.1) is 0 Å². The Morgan fingerprint density at radius 3 is 3.14 bits per heavy atom. The Morgan fingerprint density at radius 1 is 1.64 bits per heavy atom. The van der Waals surface area contributed by atoms with Crippen molar-refractivity contribution in [3.05, 3.63) is 24.3 Å². The van der Waals surface area contributed by atoms with Crippen LogP contribution < -0.4 is 5.73 Å². The standard InChI is InChI=1S/C9H10N4O/c1-5(10)9(14)6-2-12-7-3-11-4-13-8(6)7/h2-5,12H,10H2,1H3. The predicted octanol–water partition coefficient (Wildman–Crippen LogP) is 0.488. The number of carbonyl (C=O) groups excluding carboxylic acids is 1. The van der Waals surface area contributed by atoms with Gasteiger partial charge >= 0.3 is 0 Å². The number of nitrogens with zero attached hydrogens (tertiary/aromatic N) is 2. The van der Waals surface area contributed by atoms with E-state index in [0.717, 1.165) is 5.52 Å². The van der Waals surface area contributed by atoms with Gasteiger partial charge in [-0.1, -0.05) is 0 Å². The van der Waals surface area contributed by atoms with Gasteiger partial charge in [-0.05, 0) is 6.92 Å². The molecule has 0 radical (unpaired) electrons. The van der Waals surface area contributed by atoms with E-state index in [9.17, 15) is 4.79 Å². The number of aromatic nitrogens is 3. The Balaban J connectivity index is 2.58. The maximum atomic E-state index is 11.6. The molecule has 1 atom stereocenters. The fourth-order valence-corrected chi connectivity index (χ4v) is 1.30. The Labute approximate surface area is 80.4 Å². The van der Waals surface area contributed by atoms with E-state index in [-0.39, 0.29) is 5.78 Å². The molecule has 5 nitrogen and oxygen atoms in total. The second-order valence-electron chi connectivity index (χ2n) is 3.14. The summed E-state index contributed by atoms with van der Waals surface area (Å²) in [5, 5.41) is 0. The van der Waals surface area contributed by atoms with Crippen molar-refractivity contribution in [3.63, 3.8) is 0 Å². The summed E-state index contributed by atoms with van der Waals surface area (Å²) in [5.41, 5.74) is 7.41. The van der Waals surface area contributed by atoms with Gasteiger partial charge in [0, 0.05) is 6.20 Å². The Hall–Kier alpha value is -1.75. The molecule has 0 fully saturated rings. The number of fused-ring (bicyclic) bond motifs is 1. The van der Waals surface area contributed by atoms with Crippen LogP contribution in [0.2, 0.25) is 0 Å². The summed E-state index contributed by atoms with van der Waals surface area (Å²) in [7, 11) is 0. The van der Waals surface area contributed by atoms with Crippen molar-refractivity contribution in [1.29, 1.82) is 0 Å². The van der Waals surface area contributed by atoms with Gasteiger partial charge in [-0.3, -0.25) is 4.79 Å². The van der Waals surface area contributed by atoms with E-state index >= 15 is 0 Å². The van der Waals surface area contributed by atoms with Crippen molar-refractivity contribution in [2.45, 2.75) is 13.0 Å². The van der Waals surface area contributed by atoms with E-state index < -0.39 is 6.04 Å². The van der Waals surface area contributed by atoms with Crippen LogP contribution in [0.15, 0.2) is 18.7 Å². The zero-order valence-corrected chi connectivity index (χ0v) is 7.69. The second-order valence-corrected chi connectivity index (χ2v) is 3.14. The normalized spacial score (nSPS) is 13.0. The van der Waals surface area contributed by atoms with E-state index in [1.807, 2.05) is 0 Å². The summed E-state index contributed by atoms with van der Waals surface area (Å²) >= 11 is 0. The Morgan fingerprint density at radius 2 is 2.43 bits per heavy atom. The van der Waals surface area contributed by atoms with Gasteiger partial charge in [0.2, 0.25) is 0 Å². The van der Waals surface area contributed by atoms with Crippen molar-refractivity contribution in [2.75, 3.05) is 0 Å². The molecule has 3 N–H and O–H groups in total. The molecule has 72 valence electrons. The molecule has 2 aromatic rings. The van der Waals surface area contributed by atoms with Crippen LogP contribution in [0.1, 0.15) is 17.3 Å². The summed E-state index contributed by atoms with van der Waals surface area (Å²) in [6.45, 7) is 1.66. The van der Waals surface area contributed by atoms with Crippen LogP contribution in [0.4, 0.5) is 0 Å². The molecule has 0 saturated carbocycles. The number of Topliss-reactive ketones (excluding diaryl/α,β-unsaturated/α-hetero) is 1. The molecular formula is C9H10N4O. The van der Waals surface area contributed by atoms with Crippen molar-refractivity contribution in [3.8, 4) is 0 Å². The van der Waals surface area contributed by atoms with Crippen LogP contribution in [-0.2, 0) is 0 Å². The lowest BCUT2D eigenvalue weighted by Gasteiger charge is -2.00. The summed E-state index contributed by atoms with van der Waals surface area (Å²) in [4.78, 5) is 22.4. The molecule has 0 spiro atoms. The quantitative estimate of drug-likeness (QED) is 0.675. The molecule has 0 aliphatic rings. The average Bonchev–Trinajstić information content (AvgIpc) is 2.60. The molecule has 2 aromatic heterocycles. The zero-order valence-electron chi connectivity index (χ0n) is 7.69. The van der Waals surface area contributed by atoms with Gasteiger partial charge in [0.1, 0.15) is 11.8 Å². The number of rotatable bonds is 2. The summed E-state index contributed by atoms with van der Waals surface area (Å²) in [6.07, 6.45) is 4.65. The number of hydrogen-bond acceptors (Lipinski definition) is 4. The van der Waals surface area contributed by atoms with Gasteiger partial charge in [0.25, 0.3) is 0 Å². The summed E-state index contributed by atoms with van der Waals surface area (Å²) in [5.74, 6) is -0.116. The average molecular weight is 190 g/mol. The maximum Gasteiger partial charge on any atom is 0.182 e. The summed E-state index contributed by atoms with van der Waals surface area (Å²) in [6, 6.07) is -0.510. The van der Waals surface area contributed by atoms with Gasteiger partial charge in [-0.25, -0.2) is 9.97 Å². The number of aromatic amines is 1. The number of hydrogen-bond donors (Lipinski definition) is 2. The minimum absolute atomic E-state index is 0.116. The van der Waals surface area contributed by atoms with Gasteiger partial charge < -0.3 is 10.7 Å². The third kappa shape index (κ3) is 1.27. The first kappa shape index (κ1) is 8.83. The molecule has 0 aliphatic heterocycles. The third-order valence-electron chi connectivity index (χ3n) is 2.02. The molecule has 14 heavy (non-hydrogen) atoms. The number of nitrogens with two attached hydrogens (primary N) is 1. The number of ketones is 1. The lowest BCUT2D eigenvalue weighted by molar-refractivity contribution is 0.0969. The Bertz CT molecular complexity index is 474. The lowest BCUT2D eigenvalue weighted by Crippen LogP contribution is -2.26. The molecule has 2 rings (SSSR count). The van der Waals surface area contributed by atoms with Crippen molar-refractivity contribution >= 4 is 16.8 Å². The van der Waals surface area contributed by atoms with Gasteiger partial charge in [-0.2, -0.15) is 0 Å². The molecule has 0 saturated heterocycles. The number of H-pyrrole nitrogens is 1. The topological polar surface area (TPSA) is 84.7 Å². The second kappa shape index (κ2) is 3.19. The smallest absolute Gasteiger partial charge is 0.182 e. The minimum Gasteiger partial charge on any atom is -0.358 e. The molecular weight excluding hydrogens is 180 g/mol. The molecule has 0 aromatic carbocycles. The molecule has 5 heteroatoms. The highest BCUT2D eigenvalue weighted by molar-refractivity contribution is 6.08. The first-order valence-electron chi connectivity index (χ1n) is 4.27.